The zero-order chi connectivity index (χ0) is 25.4. The quantitative estimate of drug-likeness (QED) is 0.214. The maximum absolute atomic E-state index is 13.1. The van der Waals surface area contributed by atoms with Gasteiger partial charge in [-0.25, -0.2) is 4.98 Å². The lowest BCUT2D eigenvalue weighted by Crippen LogP contribution is -2.34. The van der Waals surface area contributed by atoms with Crippen LogP contribution in [0.5, 0.6) is 5.75 Å². The van der Waals surface area contributed by atoms with Crippen molar-refractivity contribution in [2.45, 2.75) is 6.92 Å². The fourth-order valence-corrected chi connectivity index (χ4v) is 5.04. The number of amides is 1. The minimum atomic E-state index is -0.403. The molecular weight excluding hydrogens is 562 g/mol. The monoisotopic (exact) mass is 579 g/mol. The molecule has 0 aliphatic rings. The van der Waals surface area contributed by atoms with E-state index in [0.29, 0.717) is 43.5 Å². The summed E-state index contributed by atoms with van der Waals surface area (Å²) in [4.78, 5) is 17.7. The average molecular weight is 581 g/mol. The van der Waals surface area contributed by atoms with Crippen LogP contribution >= 0.6 is 39.7 Å². The average Bonchev–Trinajstić information content (AvgIpc) is 3.28. The Balaban J connectivity index is 1.38. The van der Waals surface area contributed by atoms with Gasteiger partial charge in [-0.15, -0.1) is 0 Å². The number of nitrogens with one attached hydrogen (secondary N) is 2. The van der Waals surface area contributed by atoms with Crippen LogP contribution in [-0.2, 0) is 0 Å². The van der Waals surface area contributed by atoms with Crippen LogP contribution in [-0.4, -0.2) is 23.1 Å². The van der Waals surface area contributed by atoms with Gasteiger partial charge in [0.15, 0.2) is 10.7 Å². The molecule has 0 spiro atoms. The summed E-state index contributed by atoms with van der Waals surface area (Å²) in [5.74, 6) is 0.415. The maximum Gasteiger partial charge on any atom is 0.261 e. The van der Waals surface area contributed by atoms with Crippen molar-refractivity contribution in [1.29, 1.82) is 0 Å². The van der Waals surface area contributed by atoms with Gasteiger partial charge in [0.1, 0.15) is 11.3 Å². The van der Waals surface area contributed by atoms with Crippen molar-refractivity contribution in [3.05, 3.63) is 87.4 Å². The van der Waals surface area contributed by atoms with Gasteiger partial charge in [-0.05, 0) is 87.8 Å². The molecule has 6 nitrogen and oxygen atoms in total. The van der Waals surface area contributed by atoms with Crippen molar-refractivity contribution in [2.24, 2.45) is 0 Å². The van der Waals surface area contributed by atoms with Crippen molar-refractivity contribution < 1.29 is 13.9 Å². The number of thiocarbonyl (C=S) groups is 1. The van der Waals surface area contributed by atoms with E-state index in [9.17, 15) is 4.79 Å². The number of hydrogen-bond donors (Lipinski definition) is 2. The Kier molecular flexibility index (Phi) is 6.66. The van der Waals surface area contributed by atoms with Crippen LogP contribution in [0.2, 0.25) is 5.02 Å². The number of aromatic nitrogens is 1. The van der Waals surface area contributed by atoms with E-state index in [0.717, 1.165) is 21.9 Å². The largest absolute Gasteiger partial charge is 0.495 e. The Morgan fingerprint density at radius 2 is 1.92 bits per heavy atom. The molecule has 0 fully saturated rings. The highest BCUT2D eigenvalue weighted by Gasteiger charge is 2.19. The SMILES string of the molecule is COc1c(C(=O)NC(=S)Nc2ccc(Cl)c(-c3nc4ccc(C)cc4o3)c2)cc2ccccc2c1Br. The molecule has 1 heterocycles. The lowest BCUT2D eigenvalue weighted by Gasteiger charge is -2.15. The smallest absolute Gasteiger partial charge is 0.261 e. The number of aryl methyl sites for hydroxylation is 1. The zero-order valence-corrected chi connectivity index (χ0v) is 22.3. The number of anilines is 1. The molecule has 36 heavy (non-hydrogen) atoms. The van der Waals surface area contributed by atoms with Crippen LogP contribution in [0.3, 0.4) is 0 Å². The normalized spacial score (nSPS) is 11.0. The number of methoxy groups -OCH3 is 1. The van der Waals surface area contributed by atoms with Crippen LogP contribution in [0.25, 0.3) is 33.3 Å². The highest BCUT2D eigenvalue weighted by atomic mass is 79.9. The van der Waals surface area contributed by atoms with E-state index in [2.05, 4.69) is 31.5 Å². The molecule has 0 radical (unpaired) electrons. The van der Waals surface area contributed by atoms with Gasteiger partial charge >= 0.3 is 0 Å². The van der Waals surface area contributed by atoms with Gasteiger partial charge in [0.2, 0.25) is 5.89 Å². The molecule has 0 aliphatic carbocycles. The Hall–Kier alpha value is -3.46. The molecule has 0 bridgehead atoms. The molecule has 4 aromatic carbocycles. The molecule has 0 atom stereocenters. The second-order valence-electron chi connectivity index (χ2n) is 8.09. The van der Waals surface area contributed by atoms with Gasteiger partial charge in [-0.3, -0.25) is 10.1 Å². The fraction of sp³-hybridized carbons (Fsp3) is 0.0741. The number of halogens is 2. The molecule has 9 heteroatoms. The third-order valence-corrected chi connectivity index (χ3v) is 6.94. The van der Waals surface area contributed by atoms with E-state index in [4.69, 9.17) is 33.0 Å². The van der Waals surface area contributed by atoms with Crippen LogP contribution in [0, 0.1) is 6.92 Å². The molecule has 0 unspecified atom stereocenters. The summed E-state index contributed by atoms with van der Waals surface area (Å²) in [6.07, 6.45) is 0. The Morgan fingerprint density at radius 3 is 2.72 bits per heavy atom. The van der Waals surface area contributed by atoms with E-state index >= 15 is 0 Å². The number of oxazole rings is 1. The predicted molar refractivity (Wildman–Crippen MR) is 151 cm³/mol. The van der Waals surface area contributed by atoms with Crippen LogP contribution in [0.1, 0.15) is 15.9 Å². The Labute approximate surface area is 225 Å². The molecule has 1 aromatic heterocycles. The number of benzene rings is 4. The molecule has 0 saturated heterocycles. The summed E-state index contributed by atoms with van der Waals surface area (Å²) in [6.45, 7) is 1.99. The topological polar surface area (TPSA) is 76.4 Å². The predicted octanol–water partition coefficient (Wildman–Crippen LogP) is 7.51. The Bertz CT molecular complexity index is 1670. The molecule has 180 valence electrons. The lowest BCUT2D eigenvalue weighted by molar-refractivity contribution is 0.0975. The molecule has 0 aliphatic heterocycles. The van der Waals surface area contributed by atoms with Gasteiger partial charge in [-0.2, -0.15) is 0 Å². The number of hydrogen-bond acceptors (Lipinski definition) is 5. The molecule has 0 saturated carbocycles. The standard InChI is InChI=1S/C27H19BrClN3O3S/c1-14-7-10-21-22(11-14)35-26(31-21)18-13-16(8-9-20(18)29)30-27(36)32-25(33)19-12-15-5-3-4-6-17(15)23(28)24(19)34-2/h3-13H,1-2H3,(H2,30,32,33,36). The second-order valence-corrected chi connectivity index (χ2v) is 9.69. The van der Waals surface area contributed by atoms with Crippen molar-refractivity contribution >= 4 is 78.3 Å². The van der Waals surface area contributed by atoms with Gasteiger partial charge < -0.3 is 14.5 Å². The fourth-order valence-electron chi connectivity index (χ4n) is 3.90. The number of carbonyl (C=O) groups excluding carboxylic acids is 1. The summed E-state index contributed by atoms with van der Waals surface area (Å²) in [7, 11) is 1.52. The summed E-state index contributed by atoms with van der Waals surface area (Å²) < 4.78 is 12.1. The number of rotatable bonds is 4. The Morgan fingerprint density at radius 1 is 1.11 bits per heavy atom. The van der Waals surface area contributed by atoms with Crippen molar-refractivity contribution in [1.82, 2.24) is 10.3 Å². The van der Waals surface area contributed by atoms with E-state index in [1.807, 2.05) is 49.4 Å². The van der Waals surface area contributed by atoms with Crippen molar-refractivity contribution in [3.8, 4) is 17.2 Å². The van der Waals surface area contributed by atoms with Crippen LogP contribution < -0.4 is 15.4 Å². The van der Waals surface area contributed by atoms with Crippen LogP contribution in [0.15, 0.2) is 75.6 Å². The molecule has 5 aromatic rings. The third-order valence-electron chi connectivity index (χ3n) is 5.62. The first-order chi connectivity index (χ1) is 17.3. The highest BCUT2D eigenvalue weighted by molar-refractivity contribution is 9.10. The second kappa shape index (κ2) is 9.89. The van der Waals surface area contributed by atoms with E-state index in [-0.39, 0.29) is 5.11 Å². The molecule has 5 rings (SSSR count). The first-order valence-corrected chi connectivity index (χ1v) is 12.5. The molecular formula is C27H19BrClN3O3S. The van der Waals surface area contributed by atoms with Gasteiger partial charge in [0.05, 0.1) is 27.7 Å². The van der Waals surface area contributed by atoms with E-state index < -0.39 is 5.91 Å². The van der Waals surface area contributed by atoms with Crippen LogP contribution in [0.4, 0.5) is 5.69 Å². The summed E-state index contributed by atoms with van der Waals surface area (Å²) in [6, 6.07) is 20.5. The summed E-state index contributed by atoms with van der Waals surface area (Å²) in [5, 5.41) is 8.18. The van der Waals surface area contributed by atoms with Gasteiger partial charge in [-0.1, -0.05) is 41.9 Å². The maximum atomic E-state index is 13.1. The lowest BCUT2D eigenvalue weighted by atomic mass is 10.1. The number of carbonyl (C=O) groups is 1. The first-order valence-electron chi connectivity index (χ1n) is 10.9. The minimum Gasteiger partial charge on any atom is -0.495 e. The summed E-state index contributed by atoms with van der Waals surface area (Å²) in [5.41, 5.74) is 4.06. The van der Waals surface area contributed by atoms with Crippen molar-refractivity contribution in [3.63, 3.8) is 0 Å². The van der Waals surface area contributed by atoms with Crippen molar-refractivity contribution in [2.75, 3.05) is 12.4 Å². The number of ether oxygens (including phenoxy) is 1. The van der Waals surface area contributed by atoms with E-state index in [1.54, 1.807) is 24.3 Å². The zero-order valence-electron chi connectivity index (χ0n) is 19.2. The van der Waals surface area contributed by atoms with E-state index in [1.165, 1.54) is 7.11 Å². The first kappa shape index (κ1) is 24.2. The molecule has 2 N–H and O–H groups in total. The third kappa shape index (κ3) is 4.67. The van der Waals surface area contributed by atoms with Gasteiger partial charge in [0, 0.05) is 5.69 Å². The number of fused-ring (bicyclic) bond motifs is 2. The summed E-state index contributed by atoms with van der Waals surface area (Å²) >= 11 is 15.4. The highest BCUT2D eigenvalue weighted by Crippen LogP contribution is 2.37. The minimum absolute atomic E-state index is 0.118. The molecule has 1 amide bonds. The number of nitrogens with zero attached hydrogens (tertiary/aromatic N) is 1. The van der Waals surface area contributed by atoms with Gasteiger partial charge in [0.25, 0.3) is 5.91 Å².